The van der Waals surface area contributed by atoms with Crippen LogP contribution in [0.2, 0.25) is 0 Å². The van der Waals surface area contributed by atoms with E-state index in [0.29, 0.717) is 29.7 Å². The summed E-state index contributed by atoms with van der Waals surface area (Å²) in [5.41, 5.74) is 5.11. The molecule has 0 bridgehead atoms. The number of amides is 1. The van der Waals surface area contributed by atoms with Gasteiger partial charge in [0.1, 0.15) is 17.2 Å². The SMILES string of the molecule is COc1ccc(Nc2nccc(-c3c(C)c4n(c3C)CCNC4=O)n2)c(OC)c1. The summed E-state index contributed by atoms with van der Waals surface area (Å²) in [5, 5.41) is 6.11. The molecule has 2 aromatic heterocycles. The summed E-state index contributed by atoms with van der Waals surface area (Å²) in [4.78, 5) is 21.4. The van der Waals surface area contributed by atoms with Crippen LogP contribution in [0.5, 0.6) is 11.5 Å². The predicted octanol–water partition coefficient (Wildman–Crippen LogP) is 3.07. The molecular formula is C21H23N5O3. The quantitative estimate of drug-likeness (QED) is 0.692. The topological polar surface area (TPSA) is 90.3 Å². The van der Waals surface area contributed by atoms with Crippen LogP contribution in [-0.4, -0.2) is 41.2 Å². The number of aromatic nitrogens is 3. The van der Waals surface area contributed by atoms with Crippen LogP contribution >= 0.6 is 0 Å². The van der Waals surface area contributed by atoms with Crippen molar-refractivity contribution in [3.63, 3.8) is 0 Å². The average molecular weight is 393 g/mol. The number of carbonyl (C=O) groups excluding carboxylic acids is 1. The van der Waals surface area contributed by atoms with Crippen molar-refractivity contribution in [3.8, 4) is 22.8 Å². The molecule has 3 heterocycles. The van der Waals surface area contributed by atoms with Crippen molar-refractivity contribution in [2.75, 3.05) is 26.1 Å². The highest BCUT2D eigenvalue weighted by atomic mass is 16.5. The molecule has 3 aromatic rings. The normalized spacial score (nSPS) is 12.9. The van der Waals surface area contributed by atoms with Crippen molar-refractivity contribution < 1.29 is 14.3 Å². The fourth-order valence-corrected chi connectivity index (χ4v) is 3.79. The number of anilines is 2. The Morgan fingerprint density at radius 3 is 2.72 bits per heavy atom. The molecule has 1 aliphatic heterocycles. The minimum Gasteiger partial charge on any atom is -0.497 e. The van der Waals surface area contributed by atoms with E-state index in [-0.39, 0.29) is 5.91 Å². The van der Waals surface area contributed by atoms with E-state index in [1.165, 1.54) is 0 Å². The lowest BCUT2D eigenvalue weighted by atomic mass is 10.1. The van der Waals surface area contributed by atoms with Crippen LogP contribution in [0.25, 0.3) is 11.3 Å². The second-order valence-corrected chi connectivity index (χ2v) is 6.80. The lowest BCUT2D eigenvalue weighted by Crippen LogP contribution is -2.35. The first-order chi connectivity index (χ1) is 14.0. The highest BCUT2D eigenvalue weighted by Gasteiger charge is 2.26. The van der Waals surface area contributed by atoms with E-state index in [1.54, 1.807) is 26.5 Å². The van der Waals surface area contributed by atoms with E-state index < -0.39 is 0 Å². The number of rotatable bonds is 5. The molecule has 0 atom stereocenters. The third-order valence-electron chi connectivity index (χ3n) is 5.17. The molecule has 29 heavy (non-hydrogen) atoms. The number of nitrogens with one attached hydrogen (secondary N) is 2. The standard InChI is InChI=1S/C21H23N5O3/c1-12-18(13(2)26-10-9-22-20(27)19(12)26)16-7-8-23-21(25-16)24-15-6-5-14(28-3)11-17(15)29-4/h5-8,11H,9-10H2,1-4H3,(H,22,27)(H,23,24,25). The third-order valence-corrected chi connectivity index (χ3v) is 5.17. The van der Waals surface area contributed by atoms with Gasteiger partial charge >= 0.3 is 0 Å². The monoisotopic (exact) mass is 393 g/mol. The molecule has 0 fully saturated rings. The zero-order valence-electron chi connectivity index (χ0n) is 16.9. The molecule has 8 nitrogen and oxygen atoms in total. The average Bonchev–Trinajstić information content (AvgIpc) is 2.99. The number of nitrogens with zero attached hydrogens (tertiary/aromatic N) is 3. The van der Waals surface area contributed by atoms with Crippen molar-refractivity contribution in [1.29, 1.82) is 0 Å². The van der Waals surface area contributed by atoms with Gasteiger partial charge < -0.3 is 24.7 Å². The maximum atomic E-state index is 12.3. The molecule has 8 heteroatoms. The van der Waals surface area contributed by atoms with Crippen LogP contribution in [0, 0.1) is 13.8 Å². The number of hydrogen-bond donors (Lipinski definition) is 2. The van der Waals surface area contributed by atoms with Gasteiger partial charge in [0.2, 0.25) is 5.95 Å². The van der Waals surface area contributed by atoms with E-state index in [0.717, 1.165) is 34.7 Å². The van der Waals surface area contributed by atoms with Crippen LogP contribution in [-0.2, 0) is 6.54 Å². The molecule has 4 rings (SSSR count). The summed E-state index contributed by atoms with van der Waals surface area (Å²) in [6, 6.07) is 7.34. The molecule has 0 spiro atoms. The first-order valence-corrected chi connectivity index (χ1v) is 9.33. The first-order valence-electron chi connectivity index (χ1n) is 9.33. The minimum atomic E-state index is -0.0431. The Morgan fingerprint density at radius 2 is 2.00 bits per heavy atom. The maximum absolute atomic E-state index is 12.3. The number of fused-ring (bicyclic) bond motifs is 1. The number of ether oxygens (including phenoxy) is 2. The van der Waals surface area contributed by atoms with Gasteiger partial charge in [-0.3, -0.25) is 4.79 Å². The summed E-state index contributed by atoms with van der Waals surface area (Å²) >= 11 is 0. The van der Waals surface area contributed by atoms with Gasteiger partial charge in [-0.2, -0.15) is 0 Å². The van der Waals surface area contributed by atoms with Crippen molar-refractivity contribution in [2.24, 2.45) is 0 Å². The summed E-state index contributed by atoms with van der Waals surface area (Å²) in [5.74, 6) is 1.73. The van der Waals surface area contributed by atoms with Gasteiger partial charge in [-0.15, -0.1) is 0 Å². The maximum Gasteiger partial charge on any atom is 0.268 e. The minimum absolute atomic E-state index is 0.0431. The third kappa shape index (κ3) is 3.26. The highest BCUT2D eigenvalue weighted by molar-refractivity contribution is 5.97. The van der Waals surface area contributed by atoms with Crippen LogP contribution < -0.4 is 20.1 Å². The van der Waals surface area contributed by atoms with Gasteiger partial charge in [0.25, 0.3) is 5.91 Å². The molecule has 0 saturated carbocycles. The molecular weight excluding hydrogens is 370 g/mol. The molecule has 0 aliphatic carbocycles. The van der Waals surface area contributed by atoms with Gasteiger partial charge in [-0.05, 0) is 37.6 Å². The van der Waals surface area contributed by atoms with Gasteiger partial charge in [0.05, 0.1) is 25.6 Å². The van der Waals surface area contributed by atoms with Gasteiger partial charge in [0, 0.05) is 36.6 Å². The second kappa shape index (κ2) is 7.46. The fourth-order valence-electron chi connectivity index (χ4n) is 3.79. The summed E-state index contributed by atoms with van der Waals surface area (Å²) in [6.45, 7) is 5.37. The predicted molar refractivity (Wildman–Crippen MR) is 110 cm³/mol. The zero-order valence-corrected chi connectivity index (χ0v) is 16.9. The summed E-state index contributed by atoms with van der Waals surface area (Å²) in [6.07, 6.45) is 1.70. The van der Waals surface area contributed by atoms with Crippen LogP contribution in [0.1, 0.15) is 21.7 Å². The fraction of sp³-hybridized carbons (Fsp3) is 0.286. The van der Waals surface area contributed by atoms with Crippen molar-refractivity contribution >= 4 is 17.5 Å². The highest BCUT2D eigenvalue weighted by Crippen LogP contribution is 2.34. The molecule has 1 aromatic carbocycles. The van der Waals surface area contributed by atoms with E-state index in [2.05, 4.69) is 20.2 Å². The lowest BCUT2D eigenvalue weighted by molar-refractivity contribution is 0.0926. The van der Waals surface area contributed by atoms with E-state index >= 15 is 0 Å². The number of methoxy groups -OCH3 is 2. The van der Waals surface area contributed by atoms with Crippen molar-refractivity contribution in [2.45, 2.75) is 20.4 Å². The Labute approximate surface area is 168 Å². The van der Waals surface area contributed by atoms with E-state index in [1.807, 2.05) is 32.0 Å². The Hall–Kier alpha value is -3.55. The van der Waals surface area contributed by atoms with Gasteiger partial charge in [-0.25, -0.2) is 9.97 Å². The Morgan fingerprint density at radius 1 is 1.17 bits per heavy atom. The number of benzene rings is 1. The van der Waals surface area contributed by atoms with E-state index in [4.69, 9.17) is 14.5 Å². The van der Waals surface area contributed by atoms with Crippen LogP contribution in [0.3, 0.4) is 0 Å². The Bertz CT molecular complexity index is 1090. The zero-order chi connectivity index (χ0) is 20.5. The number of hydrogen-bond acceptors (Lipinski definition) is 6. The molecule has 0 unspecified atom stereocenters. The van der Waals surface area contributed by atoms with Gasteiger partial charge in [0.15, 0.2) is 0 Å². The molecule has 150 valence electrons. The first kappa shape index (κ1) is 18.8. The largest absolute Gasteiger partial charge is 0.497 e. The Kier molecular flexibility index (Phi) is 4.84. The van der Waals surface area contributed by atoms with Crippen LogP contribution in [0.15, 0.2) is 30.5 Å². The summed E-state index contributed by atoms with van der Waals surface area (Å²) in [7, 11) is 3.21. The van der Waals surface area contributed by atoms with E-state index in [9.17, 15) is 4.79 Å². The smallest absolute Gasteiger partial charge is 0.268 e. The van der Waals surface area contributed by atoms with Crippen LogP contribution in [0.4, 0.5) is 11.6 Å². The summed E-state index contributed by atoms with van der Waals surface area (Å²) < 4.78 is 12.7. The second-order valence-electron chi connectivity index (χ2n) is 6.80. The van der Waals surface area contributed by atoms with Crippen molar-refractivity contribution in [3.05, 3.63) is 47.4 Å². The molecule has 1 amide bonds. The lowest BCUT2D eigenvalue weighted by Gasteiger charge is -2.17. The van der Waals surface area contributed by atoms with Crippen molar-refractivity contribution in [1.82, 2.24) is 19.9 Å². The molecule has 1 aliphatic rings. The van der Waals surface area contributed by atoms with Gasteiger partial charge in [-0.1, -0.05) is 0 Å². The Balaban J connectivity index is 1.72. The molecule has 0 saturated heterocycles. The molecule has 2 N–H and O–H groups in total. The number of carbonyl (C=O) groups is 1. The molecule has 0 radical (unpaired) electrons.